The summed E-state index contributed by atoms with van der Waals surface area (Å²) in [7, 11) is 3.75. The van der Waals surface area contributed by atoms with E-state index in [1.165, 1.54) is 0 Å². The van der Waals surface area contributed by atoms with Crippen LogP contribution in [0.1, 0.15) is 64.2 Å². The average Bonchev–Trinajstić information content (AvgIpc) is 2.51. The lowest BCUT2D eigenvalue weighted by Gasteiger charge is -2.15. The third-order valence-electron chi connectivity index (χ3n) is 3.53. The quantitative estimate of drug-likeness (QED) is 0.152. The van der Waals surface area contributed by atoms with Crippen molar-refractivity contribution in [2.75, 3.05) is 11.5 Å². The molecule has 0 aliphatic heterocycles. The normalized spacial score (nSPS) is 13.6. The Labute approximate surface area is 164 Å². The van der Waals surface area contributed by atoms with Gasteiger partial charge in [0.2, 0.25) is 0 Å². The largest absolute Gasteiger partial charge is 0.481 e. The first-order valence-electron chi connectivity index (χ1n) is 8.46. The highest BCUT2D eigenvalue weighted by molar-refractivity contribution is 8.76. The molecular weight excluding hydrogens is 384 g/mol. The molecule has 0 aromatic rings. The van der Waals surface area contributed by atoms with Crippen molar-refractivity contribution in [3.63, 3.8) is 0 Å². The van der Waals surface area contributed by atoms with Crippen LogP contribution >= 0.6 is 46.8 Å². The van der Waals surface area contributed by atoms with E-state index in [1.807, 2.05) is 21.6 Å². The first-order chi connectivity index (χ1) is 11.5. The monoisotopic (exact) mass is 414 g/mol. The molecule has 0 heterocycles. The van der Waals surface area contributed by atoms with Crippen molar-refractivity contribution in [3.8, 4) is 0 Å². The van der Waals surface area contributed by atoms with Crippen LogP contribution in [0.15, 0.2) is 0 Å². The van der Waals surface area contributed by atoms with Gasteiger partial charge in [0, 0.05) is 29.1 Å². The van der Waals surface area contributed by atoms with Crippen LogP contribution in [0, 0.1) is 0 Å². The van der Waals surface area contributed by atoms with Gasteiger partial charge in [0.15, 0.2) is 0 Å². The maximum atomic E-state index is 10.5. The van der Waals surface area contributed by atoms with Crippen LogP contribution in [0.5, 0.6) is 0 Å². The van der Waals surface area contributed by atoms with Crippen molar-refractivity contribution < 1.29 is 19.8 Å². The second-order valence-corrected chi connectivity index (χ2v) is 9.74. The van der Waals surface area contributed by atoms with Crippen LogP contribution in [-0.4, -0.2) is 44.2 Å². The molecule has 0 saturated heterocycles. The smallest absolute Gasteiger partial charge is 0.303 e. The highest BCUT2D eigenvalue weighted by Gasteiger charge is 2.11. The van der Waals surface area contributed by atoms with Crippen LogP contribution in [0.3, 0.4) is 0 Å². The minimum absolute atomic E-state index is 0.248. The number of rotatable bonds is 17. The molecule has 0 spiro atoms. The van der Waals surface area contributed by atoms with E-state index >= 15 is 0 Å². The fourth-order valence-electron chi connectivity index (χ4n) is 2.16. The lowest BCUT2D eigenvalue weighted by atomic mass is 10.1. The maximum Gasteiger partial charge on any atom is 0.303 e. The molecule has 2 N–H and O–H groups in total. The van der Waals surface area contributed by atoms with Crippen LogP contribution in [0.2, 0.25) is 0 Å². The zero-order valence-electron chi connectivity index (χ0n) is 14.1. The first kappa shape index (κ1) is 24.3. The van der Waals surface area contributed by atoms with E-state index < -0.39 is 11.9 Å². The Bertz CT molecular complexity index is 342. The third kappa shape index (κ3) is 17.2. The molecule has 0 aliphatic carbocycles. The lowest BCUT2D eigenvalue weighted by molar-refractivity contribution is -0.138. The van der Waals surface area contributed by atoms with Gasteiger partial charge < -0.3 is 10.2 Å². The number of carbonyl (C=O) groups is 2. The zero-order chi connectivity index (χ0) is 18.2. The molecule has 0 amide bonds. The Hall–Kier alpha value is 0.340. The molecule has 0 bridgehead atoms. The van der Waals surface area contributed by atoms with Gasteiger partial charge in [-0.15, -0.1) is 0 Å². The summed E-state index contributed by atoms with van der Waals surface area (Å²) in [5.74, 6) is 0.452. The highest BCUT2D eigenvalue weighted by Crippen LogP contribution is 2.33. The van der Waals surface area contributed by atoms with E-state index in [1.54, 1.807) is 0 Å². The minimum atomic E-state index is -0.726. The Morgan fingerprint density at radius 3 is 2.00 bits per heavy atom. The van der Waals surface area contributed by atoms with Gasteiger partial charge >= 0.3 is 11.9 Å². The van der Waals surface area contributed by atoms with E-state index in [0.717, 1.165) is 62.9 Å². The fraction of sp³-hybridized carbons (Fsp3) is 0.875. The van der Waals surface area contributed by atoms with Gasteiger partial charge in [-0.1, -0.05) is 34.4 Å². The van der Waals surface area contributed by atoms with Crippen LogP contribution in [0.25, 0.3) is 0 Å². The number of hydrogen-bond acceptors (Lipinski definition) is 6. The molecule has 24 heavy (non-hydrogen) atoms. The molecule has 142 valence electrons. The predicted octanol–water partition coefficient (Wildman–Crippen LogP) is 5.03. The molecule has 2 atom stereocenters. The number of carboxylic acids is 2. The van der Waals surface area contributed by atoms with Crippen molar-refractivity contribution in [3.05, 3.63) is 0 Å². The van der Waals surface area contributed by atoms with E-state index in [0.29, 0.717) is 10.5 Å². The fourth-order valence-corrected chi connectivity index (χ4v) is 6.01. The summed E-state index contributed by atoms with van der Waals surface area (Å²) >= 11 is 8.88. The SMILES string of the molecule is O=C(O)CCCC[C@@H](S)CCSS[C@@H](CCS)CCCCC(=O)O. The number of thiol groups is 2. The zero-order valence-corrected chi connectivity index (χ0v) is 17.5. The van der Waals surface area contributed by atoms with Crippen LogP contribution in [-0.2, 0) is 9.59 Å². The molecule has 8 heteroatoms. The van der Waals surface area contributed by atoms with E-state index in [-0.39, 0.29) is 12.8 Å². The van der Waals surface area contributed by atoms with Gasteiger partial charge in [-0.05, 0) is 44.3 Å². The molecule has 0 fully saturated rings. The number of unbranched alkanes of at least 4 members (excludes halogenated alkanes) is 2. The van der Waals surface area contributed by atoms with Gasteiger partial charge in [0.1, 0.15) is 0 Å². The molecule has 0 radical (unpaired) electrons. The predicted molar refractivity (Wildman–Crippen MR) is 112 cm³/mol. The van der Waals surface area contributed by atoms with E-state index in [9.17, 15) is 9.59 Å². The van der Waals surface area contributed by atoms with Crippen molar-refractivity contribution in [1.82, 2.24) is 0 Å². The van der Waals surface area contributed by atoms with Gasteiger partial charge in [0.25, 0.3) is 0 Å². The second kappa shape index (κ2) is 16.8. The Morgan fingerprint density at radius 2 is 1.46 bits per heavy atom. The molecule has 0 aromatic heterocycles. The highest BCUT2D eigenvalue weighted by atomic mass is 33.1. The number of carboxylic acid groups (broad SMARTS) is 2. The third-order valence-corrected chi connectivity index (χ3v) is 7.32. The Kier molecular flexibility index (Phi) is 17.0. The average molecular weight is 415 g/mol. The first-order valence-corrected chi connectivity index (χ1v) is 12.0. The molecule has 0 rings (SSSR count). The van der Waals surface area contributed by atoms with Gasteiger partial charge in [-0.25, -0.2) is 0 Å². The molecular formula is C16H30O4S4. The van der Waals surface area contributed by atoms with Crippen molar-refractivity contribution >= 4 is 58.8 Å². The lowest BCUT2D eigenvalue weighted by Crippen LogP contribution is -2.04. The summed E-state index contributed by atoms with van der Waals surface area (Å²) in [6.45, 7) is 0. The maximum absolute atomic E-state index is 10.5. The number of hydrogen-bond donors (Lipinski definition) is 4. The molecule has 0 unspecified atom stereocenters. The summed E-state index contributed by atoms with van der Waals surface area (Å²) in [6.07, 6.45) is 7.96. The molecule has 0 aromatic carbocycles. The van der Waals surface area contributed by atoms with Crippen LogP contribution in [0.4, 0.5) is 0 Å². The second-order valence-electron chi connectivity index (χ2n) is 5.77. The van der Waals surface area contributed by atoms with Crippen molar-refractivity contribution in [2.45, 2.75) is 74.7 Å². The summed E-state index contributed by atoms with van der Waals surface area (Å²) in [5.41, 5.74) is 0. The standard InChI is InChI=1S/C16H30O4S4/c17-15(18)7-3-1-5-13(22)10-12-23-24-14(9-11-21)6-2-4-8-16(19)20/h13-14,21-22H,1-12H2,(H,17,18)(H,19,20)/t13-,14-/m1/s1. The Morgan fingerprint density at radius 1 is 0.875 bits per heavy atom. The molecule has 0 aliphatic rings. The van der Waals surface area contributed by atoms with Gasteiger partial charge in [-0.2, -0.15) is 25.3 Å². The van der Waals surface area contributed by atoms with Crippen molar-refractivity contribution in [1.29, 1.82) is 0 Å². The summed E-state index contributed by atoms with van der Waals surface area (Å²) < 4.78 is 0. The van der Waals surface area contributed by atoms with Crippen molar-refractivity contribution in [2.24, 2.45) is 0 Å². The van der Waals surface area contributed by atoms with E-state index in [4.69, 9.17) is 10.2 Å². The number of aliphatic carboxylic acids is 2. The topological polar surface area (TPSA) is 74.6 Å². The van der Waals surface area contributed by atoms with E-state index in [2.05, 4.69) is 25.3 Å². The van der Waals surface area contributed by atoms with Crippen LogP contribution < -0.4 is 0 Å². The minimum Gasteiger partial charge on any atom is -0.481 e. The summed E-state index contributed by atoms with van der Waals surface area (Å²) in [4.78, 5) is 21.0. The summed E-state index contributed by atoms with van der Waals surface area (Å²) in [5, 5.41) is 18.1. The van der Waals surface area contributed by atoms with Gasteiger partial charge in [-0.3, -0.25) is 9.59 Å². The molecule has 4 nitrogen and oxygen atoms in total. The summed E-state index contributed by atoms with van der Waals surface area (Å²) in [6, 6.07) is 0. The molecule has 0 saturated carbocycles. The van der Waals surface area contributed by atoms with Gasteiger partial charge in [0.05, 0.1) is 0 Å². The Balaban J connectivity index is 3.67.